The Hall–Kier alpha value is -1.86. The van der Waals surface area contributed by atoms with Crippen molar-refractivity contribution < 1.29 is 9.90 Å². The van der Waals surface area contributed by atoms with Gasteiger partial charge in [0, 0.05) is 12.2 Å². The Balaban J connectivity index is 2.82. The SMILES string of the molecule is CC(C)CC(C)NC(=O)c1ncccc1C#CCO. The molecule has 0 spiro atoms. The van der Waals surface area contributed by atoms with Crippen molar-refractivity contribution in [2.75, 3.05) is 6.61 Å². The zero-order chi connectivity index (χ0) is 14.3. The van der Waals surface area contributed by atoms with Crippen molar-refractivity contribution in [2.24, 2.45) is 5.92 Å². The molecule has 1 amide bonds. The highest BCUT2D eigenvalue weighted by atomic mass is 16.2. The van der Waals surface area contributed by atoms with Crippen LogP contribution in [0.2, 0.25) is 0 Å². The summed E-state index contributed by atoms with van der Waals surface area (Å²) in [4.78, 5) is 16.2. The first kappa shape index (κ1) is 15.2. The van der Waals surface area contributed by atoms with Crippen molar-refractivity contribution in [3.05, 3.63) is 29.6 Å². The summed E-state index contributed by atoms with van der Waals surface area (Å²) in [6.45, 7) is 5.96. The number of pyridine rings is 1. The quantitative estimate of drug-likeness (QED) is 0.808. The topological polar surface area (TPSA) is 62.2 Å². The summed E-state index contributed by atoms with van der Waals surface area (Å²) in [5.74, 6) is 5.56. The molecular formula is C15H20N2O2. The third-order valence-corrected chi connectivity index (χ3v) is 2.53. The minimum Gasteiger partial charge on any atom is -0.384 e. The molecule has 0 saturated heterocycles. The van der Waals surface area contributed by atoms with Crippen LogP contribution in [-0.4, -0.2) is 28.6 Å². The van der Waals surface area contributed by atoms with E-state index in [1.54, 1.807) is 18.3 Å². The van der Waals surface area contributed by atoms with Crippen LogP contribution in [0.5, 0.6) is 0 Å². The number of carbonyl (C=O) groups is 1. The lowest BCUT2D eigenvalue weighted by Gasteiger charge is -2.15. The second-order valence-electron chi connectivity index (χ2n) is 4.86. The minimum absolute atomic E-state index is 0.0909. The van der Waals surface area contributed by atoms with Crippen molar-refractivity contribution in [1.82, 2.24) is 10.3 Å². The maximum atomic E-state index is 12.1. The summed E-state index contributed by atoms with van der Waals surface area (Å²) < 4.78 is 0. The number of nitrogens with one attached hydrogen (secondary N) is 1. The molecule has 1 aromatic rings. The van der Waals surface area contributed by atoms with Crippen LogP contribution in [-0.2, 0) is 0 Å². The van der Waals surface area contributed by atoms with E-state index in [-0.39, 0.29) is 18.6 Å². The van der Waals surface area contributed by atoms with Crippen LogP contribution >= 0.6 is 0 Å². The molecule has 0 bridgehead atoms. The molecule has 1 unspecified atom stereocenters. The molecule has 0 fully saturated rings. The molecule has 19 heavy (non-hydrogen) atoms. The van der Waals surface area contributed by atoms with Crippen LogP contribution in [0, 0.1) is 17.8 Å². The van der Waals surface area contributed by atoms with E-state index < -0.39 is 0 Å². The number of aromatic nitrogens is 1. The summed E-state index contributed by atoms with van der Waals surface area (Å²) in [5, 5.41) is 11.6. The molecule has 0 aliphatic rings. The average molecular weight is 260 g/mol. The number of aliphatic hydroxyl groups is 1. The highest BCUT2D eigenvalue weighted by Gasteiger charge is 2.14. The van der Waals surface area contributed by atoms with Crippen molar-refractivity contribution in [3.8, 4) is 11.8 Å². The molecule has 102 valence electrons. The second-order valence-corrected chi connectivity index (χ2v) is 4.86. The third kappa shape index (κ3) is 5.11. The Kier molecular flexibility index (Phi) is 6.04. The summed E-state index contributed by atoms with van der Waals surface area (Å²) in [7, 11) is 0. The van der Waals surface area contributed by atoms with E-state index >= 15 is 0 Å². The first-order valence-corrected chi connectivity index (χ1v) is 6.40. The molecule has 1 atom stereocenters. The molecule has 4 nitrogen and oxygen atoms in total. The molecule has 0 aliphatic carbocycles. The highest BCUT2D eigenvalue weighted by Crippen LogP contribution is 2.07. The Labute approximate surface area is 114 Å². The fourth-order valence-corrected chi connectivity index (χ4v) is 1.88. The Morgan fingerprint density at radius 2 is 2.21 bits per heavy atom. The lowest BCUT2D eigenvalue weighted by molar-refractivity contribution is 0.0931. The summed E-state index contributed by atoms with van der Waals surface area (Å²) in [6.07, 6.45) is 2.47. The number of amides is 1. The van der Waals surface area contributed by atoms with Gasteiger partial charge in [0.05, 0.1) is 5.56 Å². The minimum atomic E-state index is -0.236. The molecule has 0 aliphatic heterocycles. The van der Waals surface area contributed by atoms with Crippen molar-refractivity contribution in [1.29, 1.82) is 0 Å². The van der Waals surface area contributed by atoms with Crippen LogP contribution < -0.4 is 5.32 Å². The lowest BCUT2D eigenvalue weighted by Crippen LogP contribution is -2.34. The van der Waals surface area contributed by atoms with Gasteiger partial charge >= 0.3 is 0 Å². The highest BCUT2D eigenvalue weighted by molar-refractivity contribution is 5.94. The molecule has 0 aromatic carbocycles. The second kappa shape index (κ2) is 7.55. The zero-order valence-electron chi connectivity index (χ0n) is 11.6. The Morgan fingerprint density at radius 1 is 1.47 bits per heavy atom. The molecule has 1 rings (SSSR count). The van der Waals surface area contributed by atoms with E-state index in [1.165, 1.54) is 0 Å². The fraction of sp³-hybridized carbons (Fsp3) is 0.467. The predicted octanol–water partition coefficient (Wildman–Crippen LogP) is 1.59. The zero-order valence-corrected chi connectivity index (χ0v) is 11.6. The van der Waals surface area contributed by atoms with Gasteiger partial charge in [-0.3, -0.25) is 4.79 Å². The van der Waals surface area contributed by atoms with E-state index in [9.17, 15) is 4.79 Å². The van der Waals surface area contributed by atoms with Crippen molar-refractivity contribution >= 4 is 5.91 Å². The van der Waals surface area contributed by atoms with Crippen LogP contribution in [0.4, 0.5) is 0 Å². The largest absolute Gasteiger partial charge is 0.384 e. The van der Waals surface area contributed by atoms with Gasteiger partial charge in [-0.1, -0.05) is 25.7 Å². The van der Waals surface area contributed by atoms with E-state index in [2.05, 4.69) is 36.0 Å². The van der Waals surface area contributed by atoms with Gasteiger partial charge in [0.15, 0.2) is 0 Å². The van der Waals surface area contributed by atoms with Gasteiger partial charge in [-0.05, 0) is 31.4 Å². The molecule has 0 saturated carbocycles. The van der Waals surface area contributed by atoms with E-state index in [4.69, 9.17) is 5.11 Å². The van der Waals surface area contributed by atoms with E-state index in [0.29, 0.717) is 17.2 Å². The fourth-order valence-electron chi connectivity index (χ4n) is 1.88. The molecule has 2 N–H and O–H groups in total. The van der Waals surface area contributed by atoms with Crippen molar-refractivity contribution in [2.45, 2.75) is 33.2 Å². The molecule has 0 radical (unpaired) electrons. The average Bonchev–Trinajstić information content (AvgIpc) is 2.35. The Bertz CT molecular complexity index is 486. The molecule has 1 heterocycles. The standard InChI is InChI=1S/C15H20N2O2/c1-11(2)10-12(3)17-15(19)14-13(7-5-9-18)6-4-8-16-14/h4,6,8,11-12,18H,9-10H2,1-3H3,(H,17,19). The Morgan fingerprint density at radius 3 is 2.84 bits per heavy atom. The molecule has 1 aromatic heterocycles. The van der Waals surface area contributed by atoms with Gasteiger partial charge in [-0.2, -0.15) is 0 Å². The molecule has 4 heteroatoms. The summed E-state index contributed by atoms with van der Waals surface area (Å²) in [6, 6.07) is 3.53. The maximum Gasteiger partial charge on any atom is 0.271 e. The van der Waals surface area contributed by atoms with Crippen LogP contribution in [0.15, 0.2) is 18.3 Å². The summed E-state index contributed by atoms with van der Waals surface area (Å²) in [5.41, 5.74) is 0.838. The van der Waals surface area contributed by atoms with Gasteiger partial charge in [-0.15, -0.1) is 0 Å². The van der Waals surface area contributed by atoms with Gasteiger partial charge in [-0.25, -0.2) is 4.98 Å². The first-order valence-electron chi connectivity index (χ1n) is 6.40. The predicted molar refractivity (Wildman–Crippen MR) is 74.6 cm³/mol. The number of hydrogen-bond donors (Lipinski definition) is 2. The number of nitrogens with zero attached hydrogens (tertiary/aromatic N) is 1. The van der Waals surface area contributed by atoms with Gasteiger partial charge < -0.3 is 10.4 Å². The van der Waals surface area contributed by atoms with Gasteiger partial charge in [0.2, 0.25) is 0 Å². The number of aliphatic hydroxyl groups excluding tert-OH is 1. The normalized spacial score (nSPS) is 11.6. The van der Waals surface area contributed by atoms with Crippen LogP contribution in [0.3, 0.4) is 0 Å². The van der Waals surface area contributed by atoms with Crippen molar-refractivity contribution in [3.63, 3.8) is 0 Å². The van der Waals surface area contributed by atoms with Crippen LogP contribution in [0.1, 0.15) is 43.2 Å². The van der Waals surface area contributed by atoms with E-state index in [0.717, 1.165) is 6.42 Å². The molecular weight excluding hydrogens is 240 g/mol. The maximum absolute atomic E-state index is 12.1. The number of hydrogen-bond acceptors (Lipinski definition) is 3. The van der Waals surface area contributed by atoms with Gasteiger partial charge in [0.1, 0.15) is 12.3 Å². The lowest BCUT2D eigenvalue weighted by atomic mass is 10.0. The third-order valence-electron chi connectivity index (χ3n) is 2.53. The van der Waals surface area contributed by atoms with Gasteiger partial charge in [0.25, 0.3) is 5.91 Å². The number of carbonyl (C=O) groups excluding carboxylic acids is 1. The van der Waals surface area contributed by atoms with Crippen LogP contribution in [0.25, 0.3) is 0 Å². The smallest absolute Gasteiger partial charge is 0.271 e. The number of rotatable bonds is 4. The monoisotopic (exact) mass is 260 g/mol. The van der Waals surface area contributed by atoms with E-state index in [1.807, 2.05) is 6.92 Å². The first-order chi connectivity index (χ1) is 9.04. The summed E-state index contributed by atoms with van der Waals surface area (Å²) >= 11 is 0.